The molecule has 6 nitrogen and oxygen atoms in total. The molecule has 1 aliphatic rings. The highest BCUT2D eigenvalue weighted by Crippen LogP contribution is 2.23. The predicted molar refractivity (Wildman–Crippen MR) is 91.5 cm³/mol. The Morgan fingerprint density at radius 3 is 2.52 bits per heavy atom. The first-order valence-corrected chi connectivity index (χ1v) is 7.73. The van der Waals surface area contributed by atoms with Crippen LogP contribution in [0.4, 0.5) is 8.78 Å². The van der Waals surface area contributed by atoms with Crippen molar-refractivity contribution in [2.45, 2.75) is 6.61 Å². The molecule has 0 spiro atoms. The van der Waals surface area contributed by atoms with E-state index >= 15 is 0 Å². The Balaban J connectivity index is 1.89. The Morgan fingerprint density at radius 1 is 1.15 bits per heavy atom. The molecule has 0 saturated carbocycles. The van der Waals surface area contributed by atoms with Gasteiger partial charge in [0.15, 0.2) is 5.70 Å². The van der Waals surface area contributed by atoms with Crippen LogP contribution in [0.5, 0.6) is 5.75 Å². The fraction of sp³-hybridized carbons (Fsp3) is 0.105. The van der Waals surface area contributed by atoms with E-state index in [1.807, 2.05) is 0 Å². The van der Waals surface area contributed by atoms with Gasteiger partial charge >= 0.3 is 18.6 Å². The fourth-order valence-electron chi connectivity index (χ4n) is 2.38. The minimum absolute atomic E-state index is 0.00531. The van der Waals surface area contributed by atoms with E-state index < -0.39 is 18.6 Å². The molecule has 0 atom stereocenters. The van der Waals surface area contributed by atoms with Gasteiger partial charge in [-0.1, -0.05) is 18.2 Å². The average Bonchev–Trinajstić information content (AvgIpc) is 3.02. The lowest BCUT2D eigenvalue weighted by Gasteiger charge is -2.04. The molecule has 0 N–H and O–H groups in total. The summed E-state index contributed by atoms with van der Waals surface area (Å²) < 4.78 is 38.5. The molecule has 1 aliphatic heterocycles. The number of methoxy groups -OCH3 is 1. The second-order valence-electron chi connectivity index (χ2n) is 5.32. The zero-order valence-corrected chi connectivity index (χ0v) is 14.0. The minimum atomic E-state index is -2.93. The topological polar surface area (TPSA) is 74.2 Å². The Morgan fingerprint density at radius 2 is 1.85 bits per heavy atom. The monoisotopic (exact) mass is 373 g/mol. The van der Waals surface area contributed by atoms with Crippen LogP contribution in [0, 0.1) is 0 Å². The van der Waals surface area contributed by atoms with Gasteiger partial charge in [-0.15, -0.1) is 0 Å². The smallest absolute Gasteiger partial charge is 0.387 e. The Kier molecular flexibility index (Phi) is 5.25. The highest BCUT2D eigenvalue weighted by atomic mass is 19.3. The van der Waals surface area contributed by atoms with E-state index in [9.17, 15) is 18.4 Å². The highest BCUT2D eigenvalue weighted by Gasteiger charge is 2.25. The normalized spacial score (nSPS) is 14.9. The molecule has 2 aromatic rings. The molecule has 0 radical (unpaired) electrons. The van der Waals surface area contributed by atoms with Crippen molar-refractivity contribution < 1.29 is 32.6 Å². The summed E-state index contributed by atoms with van der Waals surface area (Å²) in [7, 11) is 1.26. The van der Waals surface area contributed by atoms with E-state index in [4.69, 9.17) is 9.47 Å². The number of hydrogen-bond donors (Lipinski definition) is 0. The van der Waals surface area contributed by atoms with Gasteiger partial charge in [-0.3, -0.25) is 0 Å². The van der Waals surface area contributed by atoms with Crippen molar-refractivity contribution in [2.75, 3.05) is 7.11 Å². The number of benzene rings is 2. The van der Waals surface area contributed by atoms with Gasteiger partial charge in [0.1, 0.15) is 5.75 Å². The number of nitrogens with zero attached hydrogens (tertiary/aromatic N) is 1. The molecular formula is C19H13F2NO5. The number of carbonyl (C=O) groups is 2. The molecule has 8 heteroatoms. The average molecular weight is 373 g/mol. The van der Waals surface area contributed by atoms with Crippen molar-refractivity contribution in [1.82, 2.24) is 0 Å². The molecule has 1 heterocycles. The van der Waals surface area contributed by atoms with E-state index in [0.29, 0.717) is 11.1 Å². The lowest BCUT2D eigenvalue weighted by atomic mass is 10.1. The summed E-state index contributed by atoms with van der Waals surface area (Å²) in [5.41, 5.74) is 1.13. The molecule has 3 rings (SSSR count). The number of cyclic esters (lactones) is 1. The quantitative estimate of drug-likeness (QED) is 0.593. The Hall–Kier alpha value is -3.55. The van der Waals surface area contributed by atoms with Crippen molar-refractivity contribution in [1.29, 1.82) is 0 Å². The van der Waals surface area contributed by atoms with E-state index in [0.717, 1.165) is 0 Å². The number of halogens is 2. The number of hydrogen-bond acceptors (Lipinski definition) is 6. The van der Waals surface area contributed by atoms with Gasteiger partial charge in [-0.25, -0.2) is 14.6 Å². The Bertz CT molecular complexity index is 935. The van der Waals surface area contributed by atoms with Crippen LogP contribution in [0.2, 0.25) is 0 Å². The first-order valence-electron chi connectivity index (χ1n) is 7.73. The SMILES string of the molecule is COC(=O)c1ccccc1C=C1N=C(c2ccc(OC(F)F)cc2)OC1=O. The van der Waals surface area contributed by atoms with Crippen LogP contribution in [0.15, 0.2) is 59.2 Å². The van der Waals surface area contributed by atoms with Crippen molar-refractivity contribution in [3.8, 4) is 5.75 Å². The minimum Gasteiger partial charge on any atom is -0.465 e. The molecular weight excluding hydrogens is 360 g/mol. The van der Waals surface area contributed by atoms with Crippen molar-refractivity contribution in [2.24, 2.45) is 4.99 Å². The number of ether oxygens (including phenoxy) is 3. The zero-order chi connectivity index (χ0) is 19.4. The molecule has 0 bridgehead atoms. The number of esters is 2. The molecule has 0 aliphatic carbocycles. The zero-order valence-electron chi connectivity index (χ0n) is 14.0. The maximum absolute atomic E-state index is 12.2. The first-order chi connectivity index (χ1) is 13.0. The summed E-state index contributed by atoms with van der Waals surface area (Å²) >= 11 is 0. The van der Waals surface area contributed by atoms with Crippen molar-refractivity contribution in [3.63, 3.8) is 0 Å². The maximum Gasteiger partial charge on any atom is 0.387 e. The third-order valence-corrected chi connectivity index (χ3v) is 3.61. The van der Waals surface area contributed by atoms with Crippen LogP contribution < -0.4 is 4.74 Å². The lowest BCUT2D eigenvalue weighted by molar-refractivity contribution is -0.129. The predicted octanol–water partition coefficient (Wildman–Crippen LogP) is 3.42. The highest BCUT2D eigenvalue weighted by molar-refractivity contribution is 6.13. The molecule has 0 amide bonds. The van der Waals surface area contributed by atoms with Crippen LogP contribution in [0.25, 0.3) is 6.08 Å². The molecule has 27 heavy (non-hydrogen) atoms. The molecule has 0 aromatic heterocycles. The number of aliphatic imine (C=N–C) groups is 1. The summed E-state index contributed by atoms with van der Waals surface area (Å²) in [5, 5.41) is 0. The maximum atomic E-state index is 12.2. The van der Waals surface area contributed by atoms with E-state index in [1.54, 1.807) is 24.3 Å². The lowest BCUT2D eigenvalue weighted by Crippen LogP contribution is -2.06. The summed E-state index contributed by atoms with van der Waals surface area (Å²) in [4.78, 5) is 28.0. The van der Waals surface area contributed by atoms with Crippen LogP contribution in [0.3, 0.4) is 0 Å². The van der Waals surface area contributed by atoms with E-state index in [-0.39, 0.29) is 22.9 Å². The van der Waals surface area contributed by atoms with Gasteiger partial charge in [0.25, 0.3) is 0 Å². The number of rotatable bonds is 5. The fourth-order valence-corrected chi connectivity index (χ4v) is 2.38. The molecule has 0 unspecified atom stereocenters. The first kappa shape index (κ1) is 18.2. The summed E-state index contributed by atoms with van der Waals surface area (Å²) in [6.07, 6.45) is 1.41. The van der Waals surface area contributed by atoms with Gasteiger partial charge in [0, 0.05) is 5.56 Å². The molecule has 0 saturated heterocycles. The molecule has 2 aromatic carbocycles. The molecule has 138 valence electrons. The largest absolute Gasteiger partial charge is 0.465 e. The van der Waals surface area contributed by atoms with Gasteiger partial charge in [-0.05, 0) is 42.0 Å². The number of alkyl halides is 2. The summed E-state index contributed by atoms with van der Waals surface area (Å²) in [6, 6.07) is 12.1. The second kappa shape index (κ2) is 7.77. The second-order valence-corrected chi connectivity index (χ2v) is 5.32. The van der Waals surface area contributed by atoms with Gasteiger partial charge < -0.3 is 14.2 Å². The van der Waals surface area contributed by atoms with Crippen molar-refractivity contribution in [3.05, 3.63) is 70.9 Å². The summed E-state index contributed by atoms with van der Waals surface area (Å²) in [5.74, 6) is -1.25. The third kappa shape index (κ3) is 4.17. The third-order valence-electron chi connectivity index (χ3n) is 3.61. The van der Waals surface area contributed by atoms with E-state index in [1.165, 1.54) is 37.5 Å². The van der Waals surface area contributed by atoms with Gasteiger partial charge in [-0.2, -0.15) is 8.78 Å². The standard InChI is InChI=1S/C19H13F2NO5/c1-25-17(23)14-5-3-2-4-12(14)10-15-18(24)27-16(22-15)11-6-8-13(9-7-11)26-19(20)21/h2-10,19H,1H3. The van der Waals surface area contributed by atoms with Crippen LogP contribution >= 0.6 is 0 Å². The Labute approximate surface area is 152 Å². The van der Waals surface area contributed by atoms with Crippen LogP contribution in [0.1, 0.15) is 21.5 Å². The van der Waals surface area contributed by atoms with E-state index in [2.05, 4.69) is 9.73 Å². The number of carbonyl (C=O) groups excluding carboxylic acids is 2. The van der Waals surface area contributed by atoms with Gasteiger partial charge in [0.05, 0.1) is 12.7 Å². The summed E-state index contributed by atoms with van der Waals surface area (Å²) in [6.45, 7) is -2.93. The van der Waals surface area contributed by atoms with Crippen LogP contribution in [-0.2, 0) is 14.3 Å². The van der Waals surface area contributed by atoms with Gasteiger partial charge in [0.2, 0.25) is 5.90 Å². The van der Waals surface area contributed by atoms with Crippen LogP contribution in [-0.4, -0.2) is 31.6 Å². The van der Waals surface area contributed by atoms with Crippen molar-refractivity contribution >= 4 is 23.9 Å². The molecule has 0 fully saturated rings.